The Kier molecular flexibility index (Phi) is 7.08. The zero-order valence-electron chi connectivity index (χ0n) is 19.1. The van der Waals surface area contributed by atoms with Gasteiger partial charge in [0.15, 0.2) is 0 Å². The number of aromatic amines is 1. The number of hydrogen-bond donors (Lipinski definition) is 4. The molecule has 0 aliphatic carbocycles. The molecule has 1 amide bonds. The van der Waals surface area contributed by atoms with Crippen LogP contribution in [0.1, 0.15) is 29.2 Å². The Labute approximate surface area is 192 Å². The lowest BCUT2D eigenvalue weighted by molar-refractivity contribution is -0.136. The highest BCUT2D eigenvalue weighted by Crippen LogP contribution is 2.34. The number of nitrogens with zero attached hydrogens (tertiary/aromatic N) is 2. The molecule has 10 nitrogen and oxygen atoms in total. The van der Waals surface area contributed by atoms with Crippen molar-refractivity contribution in [2.24, 2.45) is 0 Å². The van der Waals surface area contributed by atoms with Gasteiger partial charge in [-0.25, -0.2) is 18.9 Å². The van der Waals surface area contributed by atoms with E-state index in [9.17, 15) is 23.5 Å². The van der Waals surface area contributed by atoms with Crippen molar-refractivity contribution >= 4 is 27.0 Å². The first-order valence-electron chi connectivity index (χ1n) is 10.2. The highest BCUT2D eigenvalue weighted by atomic mass is 32.2. The van der Waals surface area contributed by atoms with Crippen LogP contribution in [-0.4, -0.2) is 58.2 Å². The van der Waals surface area contributed by atoms with Gasteiger partial charge < -0.3 is 14.8 Å². The van der Waals surface area contributed by atoms with E-state index in [0.29, 0.717) is 39.0 Å². The maximum Gasteiger partial charge on any atom is 0.264 e. The molecule has 0 radical (unpaired) electrons. The van der Waals surface area contributed by atoms with Crippen molar-refractivity contribution in [3.05, 3.63) is 52.8 Å². The van der Waals surface area contributed by atoms with Gasteiger partial charge in [0.25, 0.3) is 5.91 Å². The average Bonchev–Trinajstić information content (AvgIpc) is 3.23. The standard InChI is InChI=1S/C22H28N4O6S/c1-12-8-19(32-5)13(2)14(3)21(12)33(30,31)26(20(15(4)27)22(28)25-29)10-16-6-7-17-18(9-16)24-11-23-17/h6-9,11,15,20,27,29H,10H2,1-5H3,(H,23,24)(H,25,28)/t15?,20-/m1/s1. The van der Waals surface area contributed by atoms with Crippen LogP contribution in [0, 0.1) is 20.8 Å². The van der Waals surface area contributed by atoms with Gasteiger partial charge in [-0.05, 0) is 68.1 Å². The predicted molar refractivity (Wildman–Crippen MR) is 121 cm³/mol. The summed E-state index contributed by atoms with van der Waals surface area (Å²) >= 11 is 0. The summed E-state index contributed by atoms with van der Waals surface area (Å²) in [6.45, 7) is 6.11. The lowest BCUT2D eigenvalue weighted by Gasteiger charge is -2.32. The quantitative estimate of drug-likeness (QED) is 0.287. The van der Waals surface area contributed by atoms with Crippen LogP contribution >= 0.6 is 0 Å². The third kappa shape index (κ3) is 4.58. The summed E-state index contributed by atoms with van der Waals surface area (Å²) in [5.41, 5.74) is 4.97. The van der Waals surface area contributed by atoms with Crippen molar-refractivity contribution in [2.75, 3.05) is 7.11 Å². The Morgan fingerprint density at radius 1 is 1.24 bits per heavy atom. The number of aliphatic hydroxyl groups is 1. The topological polar surface area (TPSA) is 145 Å². The van der Waals surface area contributed by atoms with Gasteiger partial charge in [-0.15, -0.1) is 0 Å². The molecule has 0 fully saturated rings. The number of carbonyl (C=O) groups excluding carboxylic acids is 1. The van der Waals surface area contributed by atoms with E-state index in [1.165, 1.54) is 25.8 Å². The summed E-state index contributed by atoms with van der Waals surface area (Å²) in [7, 11) is -2.83. The minimum Gasteiger partial charge on any atom is -0.496 e. The largest absolute Gasteiger partial charge is 0.496 e. The number of aromatic nitrogens is 2. The van der Waals surface area contributed by atoms with Gasteiger partial charge in [0, 0.05) is 6.54 Å². The molecule has 0 bridgehead atoms. The van der Waals surface area contributed by atoms with Crippen LogP contribution in [0.4, 0.5) is 0 Å². The van der Waals surface area contributed by atoms with Crippen LogP contribution < -0.4 is 10.2 Å². The zero-order valence-corrected chi connectivity index (χ0v) is 19.9. The molecule has 0 aliphatic rings. The van der Waals surface area contributed by atoms with Crippen molar-refractivity contribution < 1.29 is 28.3 Å². The van der Waals surface area contributed by atoms with Crippen molar-refractivity contribution in [3.63, 3.8) is 0 Å². The number of sulfonamides is 1. The fourth-order valence-electron chi connectivity index (χ4n) is 4.00. The van der Waals surface area contributed by atoms with Crippen molar-refractivity contribution in [3.8, 4) is 5.75 Å². The third-order valence-electron chi connectivity index (χ3n) is 5.73. The molecule has 11 heteroatoms. The molecule has 2 atom stereocenters. The summed E-state index contributed by atoms with van der Waals surface area (Å²) in [6.07, 6.45) is 0.107. The lowest BCUT2D eigenvalue weighted by Crippen LogP contribution is -2.54. The first kappa shape index (κ1) is 24.6. The molecule has 3 aromatic rings. The van der Waals surface area contributed by atoms with Crippen molar-refractivity contribution in [1.82, 2.24) is 19.8 Å². The highest BCUT2D eigenvalue weighted by molar-refractivity contribution is 7.89. The first-order valence-corrected chi connectivity index (χ1v) is 11.7. The maximum absolute atomic E-state index is 14.0. The van der Waals surface area contributed by atoms with Crippen LogP contribution in [0.5, 0.6) is 5.75 Å². The molecule has 0 spiro atoms. The van der Waals surface area contributed by atoms with Gasteiger partial charge in [0.05, 0.1) is 35.5 Å². The van der Waals surface area contributed by atoms with Crippen molar-refractivity contribution in [2.45, 2.75) is 51.3 Å². The van der Waals surface area contributed by atoms with E-state index in [1.807, 2.05) is 0 Å². The second-order valence-corrected chi connectivity index (χ2v) is 9.77. The number of carbonyl (C=O) groups is 1. The lowest BCUT2D eigenvalue weighted by atomic mass is 10.1. The van der Waals surface area contributed by atoms with E-state index < -0.39 is 28.1 Å². The number of rotatable bonds is 8. The summed E-state index contributed by atoms with van der Waals surface area (Å²) in [5, 5.41) is 19.7. The van der Waals surface area contributed by atoms with E-state index in [-0.39, 0.29) is 11.4 Å². The minimum atomic E-state index is -4.33. The number of aliphatic hydroxyl groups excluding tert-OH is 1. The first-order chi connectivity index (χ1) is 15.5. The summed E-state index contributed by atoms with van der Waals surface area (Å²) in [6, 6.07) is 5.18. The molecule has 178 valence electrons. The number of aryl methyl sites for hydroxylation is 1. The third-order valence-corrected chi connectivity index (χ3v) is 7.85. The van der Waals surface area contributed by atoms with Crippen LogP contribution in [0.2, 0.25) is 0 Å². The maximum atomic E-state index is 14.0. The summed E-state index contributed by atoms with van der Waals surface area (Å²) in [4.78, 5) is 19.6. The smallest absolute Gasteiger partial charge is 0.264 e. The number of H-pyrrole nitrogens is 1. The summed E-state index contributed by atoms with van der Waals surface area (Å²) in [5.74, 6) is -0.503. The van der Waals surface area contributed by atoms with Gasteiger partial charge in [-0.3, -0.25) is 10.0 Å². The Hall–Kier alpha value is -2.99. The zero-order chi connectivity index (χ0) is 24.5. The molecule has 1 aromatic heterocycles. The number of imidazole rings is 1. The Morgan fingerprint density at radius 2 is 1.94 bits per heavy atom. The van der Waals surface area contributed by atoms with E-state index in [2.05, 4.69) is 9.97 Å². The number of hydrogen-bond acceptors (Lipinski definition) is 7. The molecule has 33 heavy (non-hydrogen) atoms. The van der Waals surface area contributed by atoms with Gasteiger partial charge in [-0.1, -0.05) is 6.07 Å². The Balaban J connectivity index is 2.21. The molecule has 0 saturated carbocycles. The molecular weight excluding hydrogens is 448 g/mol. The fourth-order valence-corrected chi connectivity index (χ4v) is 6.13. The van der Waals surface area contributed by atoms with Crippen LogP contribution in [0.15, 0.2) is 35.5 Å². The monoisotopic (exact) mass is 476 g/mol. The normalized spacial score (nSPS) is 13.8. The molecular formula is C22H28N4O6S. The van der Waals surface area contributed by atoms with Gasteiger partial charge >= 0.3 is 0 Å². The minimum absolute atomic E-state index is 0.0137. The Bertz CT molecular complexity index is 1290. The molecule has 4 N–H and O–H groups in total. The van der Waals surface area contributed by atoms with E-state index in [0.717, 1.165) is 4.31 Å². The number of nitrogens with one attached hydrogen (secondary N) is 2. The van der Waals surface area contributed by atoms with E-state index in [1.54, 1.807) is 45.0 Å². The van der Waals surface area contributed by atoms with E-state index in [4.69, 9.17) is 4.74 Å². The molecule has 1 unspecified atom stereocenters. The number of methoxy groups -OCH3 is 1. The van der Waals surface area contributed by atoms with Crippen LogP contribution in [0.25, 0.3) is 11.0 Å². The number of amides is 1. The number of fused-ring (bicyclic) bond motifs is 1. The van der Waals surface area contributed by atoms with Gasteiger partial charge in [0.1, 0.15) is 11.8 Å². The second-order valence-electron chi connectivity index (χ2n) is 7.94. The summed E-state index contributed by atoms with van der Waals surface area (Å²) < 4.78 is 34.3. The fraction of sp³-hybridized carbons (Fsp3) is 0.364. The Morgan fingerprint density at radius 3 is 2.55 bits per heavy atom. The van der Waals surface area contributed by atoms with Gasteiger partial charge in [0.2, 0.25) is 10.0 Å². The van der Waals surface area contributed by atoms with E-state index >= 15 is 0 Å². The molecule has 0 aliphatic heterocycles. The highest BCUT2D eigenvalue weighted by Gasteiger charge is 2.40. The van der Waals surface area contributed by atoms with Crippen LogP contribution in [0.3, 0.4) is 0 Å². The number of ether oxygens (including phenoxy) is 1. The number of hydroxylamine groups is 1. The molecule has 0 saturated heterocycles. The molecule has 1 heterocycles. The average molecular weight is 477 g/mol. The molecule has 3 rings (SSSR count). The second kappa shape index (κ2) is 9.48. The molecule has 2 aromatic carbocycles. The van der Waals surface area contributed by atoms with Crippen LogP contribution in [-0.2, 0) is 21.4 Å². The van der Waals surface area contributed by atoms with Crippen molar-refractivity contribution in [1.29, 1.82) is 0 Å². The number of benzene rings is 2. The predicted octanol–water partition coefficient (Wildman–Crippen LogP) is 1.94. The SMILES string of the molecule is COc1cc(C)c(S(=O)(=O)N(Cc2ccc3nc[nH]c3c2)[C@@H](C(=O)NO)C(C)O)c(C)c1C. The van der Waals surface area contributed by atoms with Gasteiger partial charge in [-0.2, -0.15) is 4.31 Å².